The summed E-state index contributed by atoms with van der Waals surface area (Å²) in [5, 5.41) is 18.2. The average molecular weight is 758 g/mol. The molecule has 10 rings (SSSR count). The van der Waals surface area contributed by atoms with E-state index in [4.69, 9.17) is 0 Å². The number of pyridine rings is 2. The molecule has 0 aromatic carbocycles. The fourth-order valence-electron chi connectivity index (χ4n) is 7.58. The molecule has 0 saturated carbocycles. The van der Waals surface area contributed by atoms with Gasteiger partial charge in [-0.2, -0.15) is 0 Å². The van der Waals surface area contributed by atoms with Crippen LogP contribution in [0.3, 0.4) is 0 Å². The van der Waals surface area contributed by atoms with Gasteiger partial charge in [0.2, 0.25) is 5.91 Å². The second-order valence-electron chi connectivity index (χ2n) is 14.0. The summed E-state index contributed by atoms with van der Waals surface area (Å²) in [6, 6.07) is 4.07. The van der Waals surface area contributed by atoms with Gasteiger partial charge in [-0.1, -0.05) is 0 Å². The van der Waals surface area contributed by atoms with E-state index in [-0.39, 0.29) is 17.7 Å². The predicted octanol–water partition coefficient (Wildman–Crippen LogP) is 5.91. The number of nitrogens with one attached hydrogen (secondary N) is 2. The minimum absolute atomic E-state index is 0.0557. The number of thiophene rings is 2. The molecule has 14 nitrogen and oxygen atoms in total. The summed E-state index contributed by atoms with van der Waals surface area (Å²) in [6.45, 7) is 1.29. The number of aliphatic imine (C=N–C) groups is 2. The number of hydrogen-bond acceptors (Lipinski definition) is 14. The van der Waals surface area contributed by atoms with Gasteiger partial charge in [0.05, 0.1) is 64.9 Å². The molecule has 272 valence electrons. The maximum absolute atomic E-state index is 12.4. The second kappa shape index (κ2) is 13.9. The van der Waals surface area contributed by atoms with Crippen molar-refractivity contribution in [1.82, 2.24) is 34.8 Å². The molecule has 0 radical (unpaired) electrons. The Kier molecular flexibility index (Phi) is 8.77. The van der Waals surface area contributed by atoms with E-state index in [2.05, 4.69) is 56.6 Å². The SMILES string of the molecule is CN(C)C(=O)[C@H]1CCc2c(sc3ncnc(Nc4cnc5c(c4)C=NC5)c23)C1.O=C(O)[C@H]1CCc2c(sc3ncnc(Nc4cnc5c(c4)C=NC5)c23)C1. The van der Waals surface area contributed by atoms with Crippen LogP contribution in [0.4, 0.5) is 23.0 Å². The van der Waals surface area contributed by atoms with Gasteiger partial charge in [0, 0.05) is 53.3 Å². The van der Waals surface area contributed by atoms with Gasteiger partial charge in [-0.05, 0) is 61.8 Å². The molecule has 16 heteroatoms. The zero-order valence-corrected chi connectivity index (χ0v) is 31.2. The van der Waals surface area contributed by atoms with Crippen LogP contribution in [0.2, 0.25) is 0 Å². The number of aromatic nitrogens is 6. The lowest BCUT2D eigenvalue weighted by Gasteiger charge is -2.24. The van der Waals surface area contributed by atoms with Crippen molar-refractivity contribution in [2.45, 2.75) is 51.6 Å². The first-order chi connectivity index (χ1) is 26.3. The molecule has 54 heavy (non-hydrogen) atoms. The van der Waals surface area contributed by atoms with Crippen molar-refractivity contribution in [2.75, 3.05) is 24.7 Å². The number of carbonyl (C=O) groups excluding carboxylic acids is 1. The molecule has 2 atom stereocenters. The predicted molar refractivity (Wildman–Crippen MR) is 210 cm³/mol. The van der Waals surface area contributed by atoms with E-state index in [1.54, 1.807) is 46.4 Å². The van der Waals surface area contributed by atoms with Gasteiger partial charge in [0.15, 0.2) is 0 Å². The monoisotopic (exact) mass is 757 g/mol. The molecule has 0 spiro atoms. The van der Waals surface area contributed by atoms with Crippen molar-refractivity contribution >= 4 is 90.4 Å². The molecule has 2 aliphatic heterocycles. The first-order valence-corrected chi connectivity index (χ1v) is 19.4. The Morgan fingerprint density at radius 3 is 1.72 bits per heavy atom. The molecule has 6 aromatic heterocycles. The summed E-state index contributed by atoms with van der Waals surface area (Å²) in [6.07, 6.45) is 14.9. The lowest BCUT2D eigenvalue weighted by molar-refractivity contribution is -0.142. The van der Waals surface area contributed by atoms with Crippen molar-refractivity contribution in [3.63, 3.8) is 0 Å². The van der Waals surface area contributed by atoms with Crippen molar-refractivity contribution in [3.05, 3.63) is 80.6 Å². The smallest absolute Gasteiger partial charge is 0.306 e. The van der Waals surface area contributed by atoms with Crippen LogP contribution in [0.15, 0.2) is 47.2 Å². The highest BCUT2D eigenvalue weighted by molar-refractivity contribution is 7.19. The Hall–Kier alpha value is -5.74. The number of hydrogen-bond donors (Lipinski definition) is 3. The molecule has 0 saturated heterocycles. The Labute approximate surface area is 317 Å². The van der Waals surface area contributed by atoms with E-state index >= 15 is 0 Å². The van der Waals surface area contributed by atoms with E-state index in [1.807, 2.05) is 38.8 Å². The fraction of sp³-hybridized carbons (Fsp3) is 0.316. The molecule has 0 unspecified atom stereocenters. The van der Waals surface area contributed by atoms with E-state index in [0.717, 1.165) is 96.5 Å². The van der Waals surface area contributed by atoms with Crippen molar-refractivity contribution in [2.24, 2.45) is 21.8 Å². The maximum atomic E-state index is 12.4. The first kappa shape index (κ1) is 34.1. The number of nitrogens with zero attached hydrogens (tertiary/aromatic N) is 9. The zero-order valence-electron chi connectivity index (χ0n) is 29.5. The number of aryl methyl sites for hydroxylation is 2. The number of anilines is 4. The lowest BCUT2D eigenvalue weighted by Crippen LogP contribution is -2.32. The molecule has 4 aliphatic rings. The van der Waals surface area contributed by atoms with Gasteiger partial charge in [-0.3, -0.25) is 29.5 Å². The first-order valence-electron chi connectivity index (χ1n) is 17.7. The quantitative estimate of drug-likeness (QED) is 0.184. The Morgan fingerprint density at radius 2 is 1.22 bits per heavy atom. The van der Waals surface area contributed by atoms with Gasteiger partial charge in [-0.25, -0.2) is 19.9 Å². The Balaban J connectivity index is 0.000000143. The van der Waals surface area contributed by atoms with Gasteiger partial charge in [0.25, 0.3) is 0 Å². The number of carbonyl (C=O) groups is 2. The number of rotatable bonds is 6. The summed E-state index contributed by atoms with van der Waals surface area (Å²) in [7, 11) is 3.65. The standard InChI is InChI=1S/C20H20N6OS.C18H15N5O2S/c1-26(2)20(27)11-3-4-14-16(6-11)28-19-17(14)18(23-10-24-19)25-13-5-12-7-21-9-15(12)22-8-13;24-18(25)9-1-2-12-14(4-9)26-17-15(12)16(21-8-22-17)23-11-3-10-5-19-7-13(10)20-6-11/h5,7-8,10-11H,3-4,6,9H2,1-2H3,(H,23,24,25);3,5-6,8-9H,1-2,4,7H2,(H,24,25)(H,21,22,23)/t11-;9-/m00/s1. The Morgan fingerprint density at radius 1 is 0.722 bits per heavy atom. The minimum Gasteiger partial charge on any atom is -0.481 e. The third kappa shape index (κ3) is 6.34. The average Bonchev–Trinajstić information content (AvgIpc) is 3.98. The summed E-state index contributed by atoms with van der Waals surface area (Å²) in [5.41, 5.74) is 8.27. The van der Waals surface area contributed by atoms with E-state index in [1.165, 1.54) is 16.0 Å². The summed E-state index contributed by atoms with van der Waals surface area (Å²) < 4.78 is 0. The molecule has 3 N–H and O–H groups in total. The lowest BCUT2D eigenvalue weighted by atomic mass is 9.87. The van der Waals surface area contributed by atoms with Crippen molar-refractivity contribution < 1.29 is 14.7 Å². The molecular formula is C38H35N11O3S2. The molecule has 2 aliphatic carbocycles. The zero-order chi connectivity index (χ0) is 36.9. The van der Waals surface area contributed by atoms with Crippen molar-refractivity contribution in [3.8, 4) is 0 Å². The minimum atomic E-state index is -0.719. The topological polar surface area (TPSA) is 184 Å². The van der Waals surface area contributed by atoms with Crippen LogP contribution in [0.1, 0.15) is 56.2 Å². The normalized spacial score (nSPS) is 17.7. The second-order valence-corrected chi connectivity index (χ2v) is 16.1. The van der Waals surface area contributed by atoms with E-state index in [0.29, 0.717) is 25.9 Å². The van der Waals surface area contributed by atoms with E-state index in [9.17, 15) is 14.7 Å². The molecule has 1 amide bonds. The van der Waals surface area contributed by atoms with Crippen molar-refractivity contribution in [1.29, 1.82) is 0 Å². The van der Waals surface area contributed by atoms with Crippen LogP contribution in [-0.4, -0.2) is 78.3 Å². The highest BCUT2D eigenvalue weighted by atomic mass is 32.1. The summed E-state index contributed by atoms with van der Waals surface area (Å²) >= 11 is 3.25. The van der Waals surface area contributed by atoms with Gasteiger partial charge in [-0.15, -0.1) is 22.7 Å². The Bertz CT molecular complexity index is 2540. The van der Waals surface area contributed by atoms with Crippen LogP contribution >= 0.6 is 22.7 Å². The number of amides is 1. The largest absolute Gasteiger partial charge is 0.481 e. The van der Waals surface area contributed by atoms with Crippen LogP contribution in [0, 0.1) is 11.8 Å². The number of aliphatic carboxylic acids is 1. The third-order valence-corrected chi connectivity index (χ3v) is 12.6. The molecule has 0 fully saturated rings. The molecule has 6 aromatic rings. The van der Waals surface area contributed by atoms with Crippen LogP contribution in [0.5, 0.6) is 0 Å². The fourth-order valence-corrected chi connectivity index (χ4v) is 10.1. The third-order valence-electron chi connectivity index (χ3n) is 10.3. The van der Waals surface area contributed by atoms with Crippen LogP contribution in [0.25, 0.3) is 20.4 Å². The van der Waals surface area contributed by atoms with Crippen LogP contribution < -0.4 is 10.6 Å². The highest BCUT2D eigenvalue weighted by Gasteiger charge is 2.31. The van der Waals surface area contributed by atoms with Gasteiger partial charge < -0.3 is 20.6 Å². The number of fused-ring (bicyclic) bond motifs is 8. The highest BCUT2D eigenvalue weighted by Crippen LogP contribution is 2.42. The molecule has 0 bridgehead atoms. The number of carboxylic acid groups (broad SMARTS) is 1. The number of carboxylic acids is 1. The van der Waals surface area contributed by atoms with Crippen LogP contribution in [-0.2, 0) is 48.4 Å². The summed E-state index contributed by atoms with van der Waals surface area (Å²) in [4.78, 5) is 64.9. The van der Waals surface area contributed by atoms with Gasteiger partial charge >= 0.3 is 5.97 Å². The summed E-state index contributed by atoms with van der Waals surface area (Å²) in [5.74, 6) is 0.789. The van der Waals surface area contributed by atoms with E-state index < -0.39 is 5.97 Å². The molecule has 8 heterocycles. The van der Waals surface area contributed by atoms with Gasteiger partial charge in [0.1, 0.15) is 34.0 Å². The maximum Gasteiger partial charge on any atom is 0.306 e. The molecular weight excluding hydrogens is 723 g/mol.